The van der Waals surface area contributed by atoms with E-state index in [1.165, 1.54) is 25.7 Å². The number of carboxylic acid groups (broad SMARTS) is 1. The minimum atomic E-state index is -0.783. The molecule has 5 N–H and O–H groups in total. The SMILES string of the molecule is C[C@@H](C(=O)O)N(CCN=C(N)N)C1CCCCCC1. The van der Waals surface area contributed by atoms with Crippen molar-refractivity contribution in [3.63, 3.8) is 0 Å². The van der Waals surface area contributed by atoms with Crippen LogP contribution in [-0.4, -0.2) is 47.1 Å². The van der Waals surface area contributed by atoms with E-state index in [-0.39, 0.29) is 5.96 Å². The van der Waals surface area contributed by atoms with Crippen LogP contribution in [0.2, 0.25) is 0 Å². The number of nitrogens with zero attached hydrogens (tertiary/aromatic N) is 2. The third kappa shape index (κ3) is 5.46. The summed E-state index contributed by atoms with van der Waals surface area (Å²) in [6.45, 7) is 2.79. The molecule has 19 heavy (non-hydrogen) atoms. The Morgan fingerprint density at radius 2 is 1.89 bits per heavy atom. The van der Waals surface area contributed by atoms with E-state index in [0.717, 1.165) is 12.8 Å². The number of hydrogen-bond donors (Lipinski definition) is 3. The summed E-state index contributed by atoms with van der Waals surface area (Å²) in [7, 11) is 0. The molecule has 1 atom stereocenters. The van der Waals surface area contributed by atoms with Crippen LogP contribution in [0.5, 0.6) is 0 Å². The van der Waals surface area contributed by atoms with Crippen LogP contribution in [0.1, 0.15) is 45.4 Å². The van der Waals surface area contributed by atoms with Gasteiger partial charge in [0.1, 0.15) is 6.04 Å². The molecule has 6 heteroatoms. The standard InChI is InChI=1S/C13H26N4O2/c1-10(12(18)19)17(9-8-16-13(14)15)11-6-4-2-3-5-7-11/h10-11H,2-9H2,1H3,(H,18,19)(H4,14,15,16)/t10-/m0/s1. The van der Waals surface area contributed by atoms with Crippen molar-refractivity contribution < 1.29 is 9.90 Å². The Bertz CT molecular complexity index is 308. The second-order valence-electron chi connectivity index (χ2n) is 5.20. The van der Waals surface area contributed by atoms with Gasteiger partial charge in [0.05, 0.1) is 6.54 Å². The molecule has 0 aromatic carbocycles. The Labute approximate surface area is 114 Å². The van der Waals surface area contributed by atoms with Crippen molar-refractivity contribution in [1.29, 1.82) is 0 Å². The summed E-state index contributed by atoms with van der Waals surface area (Å²) in [6, 6.07) is -0.153. The lowest BCUT2D eigenvalue weighted by Crippen LogP contribution is -2.47. The quantitative estimate of drug-likeness (QED) is 0.375. The van der Waals surface area contributed by atoms with Crippen molar-refractivity contribution in [2.45, 2.75) is 57.5 Å². The number of guanidine groups is 1. The van der Waals surface area contributed by atoms with Gasteiger partial charge in [0.15, 0.2) is 5.96 Å². The lowest BCUT2D eigenvalue weighted by Gasteiger charge is -2.33. The summed E-state index contributed by atoms with van der Waals surface area (Å²) in [5, 5.41) is 9.24. The van der Waals surface area contributed by atoms with Crippen LogP contribution in [0.3, 0.4) is 0 Å². The van der Waals surface area contributed by atoms with Gasteiger partial charge in [0.2, 0.25) is 0 Å². The second kappa shape index (κ2) is 7.99. The van der Waals surface area contributed by atoms with Gasteiger partial charge < -0.3 is 16.6 Å². The number of hydrogen-bond acceptors (Lipinski definition) is 3. The maximum Gasteiger partial charge on any atom is 0.320 e. The zero-order valence-corrected chi connectivity index (χ0v) is 11.7. The van der Waals surface area contributed by atoms with Crippen LogP contribution in [0.4, 0.5) is 0 Å². The summed E-state index contributed by atoms with van der Waals surface area (Å²) < 4.78 is 0. The largest absolute Gasteiger partial charge is 0.480 e. The fraction of sp³-hybridized carbons (Fsp3) is 0.846. The third-order valence-corrected chi connectivity index (χ3v) is 3.80. The number of nitrogens with two attached hydrogens (primary N) is 2. The monoisotopic (exact) mass is 270 g/mol. The molecule has 0 bridgehead atoms. The van der Waals surface area contributed by atoms with Crippen LogP contribution in [0, 0.1) is 0 Å². The van der Waals surface area contributed by atoms with Gasteiger partial charge in [0.25, 0.3) is 0 Å². The molecule has 0 aromatic heterocycles. The molecule has 6 nitrogen and oxygen atoms in total. The van der Waals surface area contributed by atoms with E-state index in [0.29, 0.717) is 19.1 Å². The summed E-state index contributed by atoms with van der Waals surface area (Å²) >= 11 is 0. The first-order valence-electron chi connectivity index (χ1n) is 7.06. The highest BCUT2D eigenvalue weighted by atomic mass is 16.4. The average molecular weight is 270 g/mol. The number of carboxylic acids is 1. The van der Waals surface area contributed by atoms with E-state index in [9.17, 15) is 9.90 Å². The molecule has 1 fully saturated rings. The van der Waals surface area contributed by atoms with E-state index >= 15 is 0 Å². The molecule has 0 spiro atoms. The van der Waals surface area contributed by atoms with Gasteiger partial charge in [-0.2, -0.15) is 0 Å². The van der Waals surface area contributed by atoms with Crippen LogP contribution < -0.4 is 11.5 Å². The minimum absolute atomic E-state index is 0.0591. The maximum absolute atomic E-state index is 11.2. The number of rotatable bonds is 6. The first-order chi connectivity index (χ1) is 9.02. The lowest BCUT2D eigenvalue weighted by molar-refractivity contribution is -0.143. The summed E-state index contributed by atoms with van der Waals surface area (Å²) in [5.41, 5.74) is 10.6. The van der Waals surface area contributed by atoms with Crippen molar-refractivity contribution in [1.82, 2.24) is 4.90 Å². The lowest BCUT2D eigenvalue weighted by atomic mass is 10.0. The van der Waals surface area contributed by atoms with E-state index in [4.69, 9.17) is 11.5 Å². The van der Waals surface area contributed by atoms with Gasteiger partial charge in [-0.25, -0.2) is 0 Å². The number of carbonyl (C=O) groups is 1. The smallest absolute Gasteiger partial charge is 0.320 e. The Hall–Kier alpha value is -1.30. The average Bonchev–Trinajstić information content (AvgIpc) is 2.62. The fourth-order valence-corrected chi connectivity index (χ4v) is 2.72. The first-order valence-corrected chi connectivity index (χ1v) is 7.06. The van der Waals surface area contributed by atoms with Crippen molar-refractivity contribution in [2.24, 2.45) is 16.5 Å². The normalized spacial score (nSPS) is 18.8. The molecule has 0 saturated heterocycles. The van der Waals surface area contributed by atoms with Gasteiger partial charge in [-0.1, -0.05) is 25.7 Å². The fourth-order valence-electron chi connectivity index (χ4n) is 2.72. The predicted molar refractivity (Wildman–Crippen MR) is 76.0 cm³/mol. The van der Waals surface area contributed by atoms with Crippen LogP contribution >= 0.6 is 0 Å². The van der Waals surface area contributed by atoms with Crippen molar-refractivity contribution in [2.75, 3.05) is 13.1 Å². The topological polar surface area (TPSA) is 105 Å². The van der Waals surface area contributed by atoms with Crippen LogP contribution in [0.15, 0.2) is 4.99 Å². The molecule has 0 amide bonds. The maximum atomic E-state index is 11.2. The van der Waals surface area contributed by atoms with Crippen LogP contribution in [-0.2, 0) is 4.79 Å². The molecule has 1 saturated carbocycles. The van der Waals surface area contributed by atoms with E-state index in [1.807, 2.05) is 4.90 Å². The zero-order chi connectivity index (χ0) is 14.3. The highest BCUT2D eigenvalue weighted by molar-refractivity contribution is 5.75. The van der Waals surface area contributed by atoms with E-state index in [2.05, 4.69) is 4.99 Å². The van der Waals surface area contributed by atoms with E-state index in [1.54, 1.807) is 6.92 Å². The van der Waals surface area contributed by atoms with Crippen LogP contribution in [0.25, 0.3) is 0 Å². The van der Waals surface area contributed by atoms with Gasteiger partial charge in [-0.15, -0.1) is 0 Å². The van der Waals surface area contributed by atoms with Gasteiger partial charge in [0, 0.05) is 12.6 Å². The molecule has 0 unspecified atom stereocenters. The third-order valence-electron chi connectivity index (χ3n) is 3.80. The van der Waals surface area contributed by atoms with E-state index < -0.39 is 12.0 Å². The molecule has 0 aromatic rings. The first kappa shape index (κ1) is 15.8. The Morgan fingerprint density at radius 3 is 2.37 bits per heavy atom. The number of aliphatic carboxylic acids is 1. The molecule has 0 aliphatic heterocycles. The molecule has 1 rings (SSSR count). The Balaban J connectivity index is 2.66. The van der Waals surface area contributed by atoms with Gasteiger partial charge in [-0.3, -0.25) is 14.7 Å². The molecule has 0 heterocycles. The Morgan fingerprint density at radius 1 is 1.32 bits per heavy atom. The molecular weight excluding hydrogens is 244 g/mol. The van der Waals surface area contributed by atoms with Gasteiger partial charge >= 0.3 is 5.97 Å². The predicted octanol–water partition coefficient (Wildman–Crippen LogP) is 0.758. The highest BCUT2D eigenvalue weighted by Crippen LogP contribution is 2.23. The highest BCUT2D eigenvalue weighted by Gasteiger charge is 2.27. The molecule has 1 aliphatic carbocycles. The number of aliphatic imine (C=N–C) groups is 1. The molecule has 110 valence electrons. The molecular formula is C13H26N4O2. The van der Waals surface area contributed by atoms with Crippen molar-refractivity contribution >= 4 is 11.9 Å². The van der Waals surface area contributed by atoms with Crippen molar-refractivity contribution in [3.8, 4) is 0 Å². The molecule has 0 radical (unpaired) electrons. The van der Waals surface area contributed by atoms with Crippen molar-refractivity contribution in [3.05, 3.63) is 0 Å². The summed E-state index contributed by atoms with van der Waals surface area (Å²) in [6.07, 6.45) is 6.99. The minimum Gasteiger partial charge on any atom is -0.480 e. The zero-order valence-electron chi connectivity index (χ0n) is 11.7. The Kier molecular flexibility index (Phi) is 6.62. The molecule has 1 aliphatic rings. The summed E-state index contributed by atoms with van der Waals surface area (Å²) in [4.78, 5) is 17.2. The van der Waals surface area contributed by atoms with Gasteiger partial charge in [-0.05, 0) is 19.8 Å². The summed E-state index contributed by atoms with van der Waals surface area (Å²) in [5.74, 6) is -0.724. The second-order valence-corrected chi connectivity index (χ2v) is 5.20.